The highest BCUT2D eigenvalue weighted by atomic mass is 16.4. The maximum atomic E-state index is 11.9. The van der Waals surface area contributed by atoms with E-state index in [2.05, 4.69) is 15.6 Å². The van der Waals surface area contributed by atoms with Crippen molar-refractivity contribution in [2.24, 2.45) is 0 Å². The van der Waals surface area contributed by atoms with E-state index in [1.54, 1.807) is 23.1 Å². The van der Waals surface area contributed by atoms with Crippen molar-refractivity contribution < 1.29 is 14.3 Å². The average Bonchev–Trinajstić information content (AvgIpc) is 2.86. The number of nitrogens with zero attached hydrogens (tertiary/aromatic N) is 2. The Morgan fingerprint density at radius 1 is 1.45 bits per heavy atom. The molecule has 1 aromatic heterocycles. The van der Waals surface area contributed by atoms with E-state index in [-0.39, 0.29) is 12.6 Å². The first-order chi connectivity index (χ1) is 10.5. The fourth-order valence-electron chi connectivity index (χ4n) is 2.36. The number of carbonyl (C=O) groups excluding carboxylic acids is 1. The number of hydrogen-bond acceptors (Lipinski definition) is 5. The molecule has 0 atom stereocenters. The number of fused-ring (bicyclic) bond motifs is 1. The fourth-order valence-corrected chi connectivity index (χ4v) is 2.36. The van der Waals surface area contributed by atoms with Gasteiger partial charge in [-0.25, -0.2) is 4.79 Å². The maximum absolute atomic E-state index is 11.9. The van der Waals surface area contributed by atoms with Gasteiger partial charge >= 0.3 is 6.03 Å². The van der Waals surface area contributed by atoms with Gasteiger partial charge in [0.25, 0.3) is 6.01 Å². The van der Waals surface area contributed by atoms with Crippen molar-refractivity contribution in [2.45, 2.75) is 24.9 Å². The van der Waals surface area contributed by atoms with Gasteiger partial charge in [0.1, 0.15) is 5.52 Å². The van der Waals surface area contributed by atoms with Crippen molar-refractivity contribution in [3.8, 4) is 0 Å². The van der Waals surface area contributed by atoms with Gasteiger partial charge in [0.05, 0.1) is 5.60 Å². The van der Waals surface area contributed by atoms with Gasteiger partial charge in [-0.1, -0.05) is 0 Å². The van der Waals surface area contributed by atoms with E-state index >= 15 is 0 Å². The van der Waals surface area contributed by atoms with Crippen molar-refractivity contribution >= 4 is 28.8 Å². The van der Waals surface area contributed by atoms with Crippen molar-refractivity contribution in [1.29, 1.82) is 0 Å². The van der Waals surface area contributed by atoms with Gasteiger partial charge in [0, 0.05) is 32.4 Å². The van der Waals surface area contributed by atoms with Gasteiger partial charge in [-0.15, -0.1) is 0 Å². The van der Waals surface area contributed by atoms with E-state index in [9.17, 15) is 9.90 Å². The number of aliphatic hydroxyl groups is 1. The summed E-state index contributed by atoms with van der Waals surface area (Å²) in [5.74, 6) is 0. The lowest BCUT2D eigenvalue weighted by atomic mass is 9.80. The molecule has 0 unspecified atom stereocenters. The van der Waals surface area contributed by atoms with E-state index in [1.807, 2.05) is 14.1 Å². The Bertz CT molecular complexity index is 691. The number of oxazole rings is 1. The Labute approximate surface area is 128 Å². The lowest BCUT2D eigenvalue weighted by Crippen LogP contribution is -2.48. The molecule has 0 radical (unpaired) electrons. The Hall–Kier alpha value is -2.28. The van der Waals surface area contributed by atoms with Crippen LogP contribution in [-0.2, 0) is 0 Å². The summed E-state index contributed by atoms with van der Waals surface area (Å²) < 4.78 is 5.60. The van der Waals surface area contributed by atoms with Gasteiger partial charge in [0.15, 0.2) is 5.58 Å². The van der Waals surface area contributed by atoms with Crippen LogP contribution in [-0.4, -0.2) is 42.4 Å². The zero-order valence-corrected chi connectivity index (χ0v) is 12.7. The third kappa shape index (κ3) is 2.99. The third-order valence-electron chi connectivity index (χ3n) is 3.88. The molecule has 7 heteroatoms. The quantitative estimate of drug-likeness (QED) is 0.803. The molecule has 1 saturated carbocycles. The minimum atomic E-state index is -0.729. The Balaban J connectivity index is 1.64. The van der Waals surface area contributed by atoms with Crippen LogP contribution in [0.2, 0.25) is 0 Å². The van der Waals surface area contributed by atoms with Crippen molar-refractivity contribution in [3.63, 3.8) is 0 Å². The highest BCUT2D eigenvalue weighted by molar-refractivity contribution is 5.91. The molecule has 1 aromatic carbocycles. The number of aromatic nitrogens is 1. The number of hydrogen-bond donors (Lipinski definition) is 3. The summed E-state index contributed by atoms with van der Waals surface area (Å²) in [6.07, 6.45) is 2.49. The number of urea groups is 1. The van der Waals surface area contributed by atoms with Crippen LogP contribution in [0.3, 0.4) is 0 Å². The molecule has 1 heterocycles. The van der Waals surface area contributed by atoms with Gasteiger partial charge in [0.2, 0.25) is 0 Å². The standard InChI is InChI=1S/C15H20N4O3/c1-19(2)14-18-11-5-4-10(8-12(11)22-14)17-13(20)16-9-15(21)6-3-7-15/h4-5,8,21H,3,6-7,9H2,1-2H3,(H2,16,17,20). The van der Waals surface area contributed by atoms with Crippen LogP contribution in [0.4, 0.5) is 16.5 Å². The highest BCUT2D eigenvalue weighted by Crippen LogP contribution is 2.30. The molecule has 3 rings (SSSR count). The second-order valence-corrected chi connectivity index (χ2v) is 5.96. The minimum Gasteiger partial charge on any atom is -0.423 e. The summed E-state index contributed by atoms with van der Waals surface area (Å²) in [6.45, 7) is 0.272. The maximum Gasteiger partial charge on any atom is 0.319 e. The van der Waals surface area contributed by atoms with Crippen LogP contribution in [0.15, 0.2) is 22.6 Å². The molecular formula is C15H20N4O3. The lowest BCUT2D eigenvalue weighted by Gasteiger charge is -2.36. The number of benzene rings is 1. The van der Waals surface area contributed by atoms with E-state index in [0.717, 1.165) is 24.8 Å². The molecule has 0 bridgehead atoms. The molecule has 1 aliphatic carbocycles. The van der Waals surface area contributed by atoms with E-state index in [4.69, 9.17) is 4.42 Å². The molecule has 2 aromatic rings. The monoisotopic (exact) mass is 304 g/mol. The number of nitrogens with one attached hydrogen (secondary N) is 2. The second kappa shape index (κ2) is 5.49. The predicted octanol–water partition coefficient (Wildman–Crippen LogP) is 1.93. The molecule has 22 heavy (non-hydrogen) atoms. The number of rotatable bonds is 4. The number of carbonyl (C=O) groups is 1. The van der Waals surface area contributed by atoms with Gasteiger partial charge in [-0.3, -0.25) is 0 Å². The molecule has 1 fully saturated rings. The molecule has 1 aliphatic rings. The van der Waals surface area contributed by atoms with Gasteiger partial charge < -0.3 is 25.1 Å². The van der Waals surface area contributed by atoms with Gasteiger partial charge in [-0.2, -0.15) is 4.98 Å². The van der Waals surface area contributed by atoms with Crippen LogP contribution in [0.25, 0.3) is 11.1 Å². The first-order valence-corrected chi connectivity index (χ1v) is 7.30. The lowest BCUT2D eigenvalue weighted by molar-refractivity contribution is -0.0287. The van der Waals surface area contributed by atoms with Gasteiger partial charge in [-0.05, 0) is 31.4 Å². The SMILES string of the molecule is CN(C)c1nc2ccc(NC(=O)NCC3(O)CCC3)cc2o1. The van der Waals surface area contributed by atoms with E-state index in [0.29, 0.717) is 17.3 Å². The summed E-state index contributed by atoms with van der Waals surface area (Å²) in [5.41, 5.74) is 1.23. The fraction of sp³-hybridized carbons (Fsp3) is 0.467. The Kier molecular flexibility index (Phi) is 3.66. The summed E-state index contributed by atoms with van der Waals surface area (Å²) in [6, 6.07) is 5.46. The first kappa shape index (κ1) is 14.6. The van der Waals surface area contributed by atoms with E-state index in [1.165, 1.54) is 0 Å². The van der Waals surface area contributed by atoms with Crippen LogP contribution in [0, 0.1) is 0 Å². The summed E-state index contributed by atoms with van der Waals surface area (Å²) >= 11 is 0. The Morgan fingerprint density at radius 3 is 2.86 bits per heavy atom. The topological polar surface area (TPSA) is 90.6 Å². The molecule has 118 valence electrons. The normalized spacial score (nSPS) is 16.1. The zero-order chi connectivity index (χ0) is 15.7. The van der Waals surface area contributed by atoms with Crippen LogP contribution < -0.4 is 15.5 Å². The molecule has 2 amide bonds. The van der Waals surface area contributed by atoms with Crippen LogP contribution >= 0.6 is 0 Å². The molecule has 0 aliphatic heterocycles. The van der Waals surface area contributed by atoms with Crippen LogP contribution in [0.1, 0.15) is 19.3 Å². The summed E-state index contributed by atoms with van der Waals surface area (Å²) in [4.78, 5) is 18.0. The highest BCUT2D eigenvalue weighted by Gasteiger charge is 2.34. The molecular weight excluding hydrogens is 284 g/mol. The smallest absolute Gasteiger partial charge is 0.319 e. The van der Waals surface area contributed by atoms with Crippen molar-refractivity contribution in [3.05, 3.63) is 18.2 Å². The Morgan fingerprint density at radius 2 is 2.23 bits per heavy atom. The minimum absolute atomic E-state index is 0.272. The average molecular weight is 304 g/mol. The molecule has 7 nitrogen and oxygen atoms in total. The second-order valence-electron chi connectivity index (χ2n) is 5.96. The summed E-state index contributed by atoms with van der Waals surface area (Å²) in [5, 5.41) is 15.4. The molecule has 0 saturated heterocycles. The largest absolute Gasteiger partial charge is 0.423 e. The zero-order valence-electron chi connectivity index (χ0n) is 12.7. The predicted molar refractivity (Wildman–Crippen MR) is 84.2 cm³/mol. The van der Waals surface area contributed by atoms with Crippen LogP contribution in [0.5, 0.6) is 0 Å². The first-order valence-electron chi connectivity index (χ1n) is 7.30. The summed E-state index contributed by atoms with van der Waals surface area (Å²) in [7, 11) is 3.70. The molecule has 0 spiro atoms. The van der Waals surface area contributed by atoms with E-state index < -0.39 is 5.60 Å². The third-order valence-corrected chi connectivity index (χ3v) is 3.88. The number of amides is 2. The van der Waals surface area contributed by atoms with Crippen molar-refractivity contribution in [2.75, 3.05) is 30.9 Å². The molecule has 3 N–H and O–H groups in total. The number of anilines is 2. The van der Waals surface area contributed by atoms with Crippen molar-refractivity contribution in [1.82, 2.24) is 10.3 Å².